The van der Waals surface area contributed by atoms with Gasteiger partial charge in [0.05, 0.1) is 5.56 Å². The van der Waals surface area contributed by atoms with Gasteiger partial charge >= 0.3 is 5.97 Å². The van der Waals surface area contributed by atoms with E-state index in [1.807, 2.05) is 56.3 Å². The molecule has 6 nitrogen and oxygen atoms in total. The molecule has 0 radical (unpaired) electrons. The molecular weight excluding hydrogens is 380 g/mol. The number of carbonyl (C=O) groups excluding carboxylic acids is 1. The molecule has 3 N–H and O–H groups in total. The van der Waals surface area contributed by atoms with Crippen molar-refractivity contribution in [2.45, 2.75) is 20.4 Å². The molecule has 30 heavy (non-hydrogen) atoms. The molecule has 0 heterocycles. The number of carboxylic acid groups (broad SMARTS) is 1. The second-order valence-corrected chi connectivity index (χ2v) is 7.04. The molecule has 0 aliphatic heterocycles. The second kappa shape index (κ2) is 9.60. The van der Waals surface area contributed by atoms with E-state index < -0.39 is 5.97 Å². The lowest BCUT2D eigenvalue weighted by Crippen LogP contribution is -2.20. The molecule has 0 aliphatic rings. The molecule has 0 saturated carbocycles. The van der Waals surface area contributed by atoms with Gasteiger partial charge in [-0.25, -0.2) is 4.79 Å². The molecule has 0 unspecified atom stereocenters. The van der Waals surface area contributed by atoms with Gasteiger partial charge in [0.1, 0.15) is 5.75 Å². The molecule has 1 amide bonds. The summed E-state index contributed by atoms with van der Waals surface area (Å²) in [5.41, 5.74) is 4.76. The summed E-state index contributed by atoms with van der Waals surface area (Å²) in [5.74, 6) is -0.606. The Balaban J connectivity index is 1.56. The zero-order chi connectivity index (χ0) is 21.5. The Morgan fingerprint density at radius 3 is 2.47 bits per heavy atom. The van der Waals surface area contributed by atoms with Crippen molar-refractivity contribution in [2.75, 3.05) is 17.2 Å². The van der Waals surface area contributed by atoms with Crippen LogP contribution in [0.2, 0.25) is 0 Å². The van der Waals surface area contributed by atoms with Crippen molar-refractivity contribution in [2.24, 2.45) is 0 Å². The smallest absolute Gasteiger partial charge is 0.335 e. The van der Waals surface area contributed by atoms with Crippen molar-refractivity contribution in [3.8, 4) is 5.75 Å². The van der Waals surface area contributed by atoms with Gasteiger partial charge in [0.2, 0.25) is 0 Å². The van der Waals surface area contributed by atoms with Crippen LogP contribution in [0.3, 0.4) is 0 Å². The normalized spacial score (nSPS) is 10.3. The molecule has 0 bridgehead atoms. The fourth-order valence-electron chi connectivity index (χ4n) is 2.87. The van der Waals surface area contributed by atoms with Gasteiger partial charge in [-0.15, -0.1) is 0 Å². The molecule has 3 rings (SSSR count). The lowest BCUT2D eigenvalue weighted by atomic mass is 10.1. The minimum atomic E-state index is -0.961. The fraction of sp³-hybridized carbons (Fsp3) is 0.167. The summed E-state index contributed by atoms with van der Waals surface area (Å²) in [7, 11) is 0. The number of anilines is 2. The zero-order valence-corrected chi connectivity index (χ0v) is 16.9. The SMILES string of the molecule is Cc1ccc(NC(=O)COc2cccc(CNc3cc(C(=O)O)ccc3C)c2)cc1. The van der Waals surface area contributed by atoms with Gasteiger partial charge in [0.25, 0.3) is 5.91 Å². The fourth-order valence-corrected chi connectivity index (χ4v) is 2.87. The topological polar surface area (TPSA) is 87.7 Å². The molecule has 0 aromatic heterocycles. The van der Waals surface area contributed by atoms with Crippen LogP contribution in [-0.2, 0) is 11.3 Å². The molecule has 3 aromatic carbocycles. The van der Waals surface area contributed by atoms with E-state index in [2.05, 4.69) is 10.6 Å². The van der Waals surface area contributed by atoms with E-state index in [1.54, 1.807) is 24.3 Å². The Kier molecular flexibility index (Phi) is 6.70. The molecule has 3 aromatic rings. The monoisotopic (exact) mass is 404 g/mol. The first kappa shape index (κ1) is 20.9. The van der Waals surface area contributed by atoms with Crippen LogP contribution in [0.5, 0.6) is 5.75 Å². The predicted octanol–water partition coefficient (Wildman–Crippen LogP) is 4.63. The predicted molar refractivity (Wildman–Crippen MR) is 117 cm³/mol. The van der Waals surface area contributed by atoms with Gasteiger partial charge in [-0.2, -0.15) is 0 Å². The number of aryl methyl sites for hydroxylation is 2. The van der Waals surface area contributed by atoms with Crippen molar-refractivity contribution in [3.63, 3.8) is 0 Å². The van der Waals surface area contributed by atoms with Crippen LogP contribution >= 0.6 is 0 Å². The van der Waals surface area contributed by atoms with E-state index in [4.69, 9.17) is 9.84 Å². The number of hydrogen-bond acceptors (Lipinski definition) is 4. The summed E-state index contributed by atoms with van der Waals surface area (Å²) in [4.78, 5) is 23.3. The quantitative estimate of drug-likeness (QED) is 0.509. The summed E-state index contributed by atoms with van der Waals surface area (Å²) in [6.45, 7) is 4.31. The van der Waals surface area contributed by atoms with Gasteiger partial charge < -0.3 is 20.5 Å². The third-order valence-electron chi connectivity index (χ3n) is 4.57. The molecule has 6 heteroatoms. The number of benzene rings is 3. The van der Waals surface area contributed by atoms with Crippen LogP contribution in [0, 0.1) is 13.8 Å². The van der Waals surface area contributed by atoms with Gasteiger partial charge in [0, 0.05) is 17.9 Å². The molecule has 0 fully saturated rings. The number of carboxylic acids is 1. The minimum absolute atomic E-state index is 0.0927. The van der Waals surface area contributed by atoms with Crippen molar-refractivity contribution >= 4 is 23.3 Å². The number of rotatable bonds is 8. The Morgan fingerprint density at radius 2 is 1.73 bits per heavy atom. The summed E-state index contributed by atoms with van der Waals surface area (Å²) in [5, 5.41) is 15.2. The van der Waals surface area contributed by atoms with E-state index in [1.165, 1.54) is 0 Å². The van der Waals surface area contributed by atoms with Crippen LogP contribution in [0.15, 0.2) is 66.7 Å². The Morgan fingerprint density at radius 1 is 0.967 bits per heavy atom. The average Bonchev–Trinajstić information content (AvgIpc) is 2.73. The highest BCUT2D eigenvalue weighted by molar-refractivity contribution is 5.91. The number of hydrogen-bond donors (Lipinski definition) is 3. The molecule has 0 aliphatic carbocycles. The highest BCUT2D eigenvalue weighted by Crippen LogP contribution is 2.20. The first-order valence-electron chi connectivity index (χ1n) is 9.57. The van der Waals surface area contributed by atoms with E-state index in [0.29, 0.717) is 12.3 Å². The van der Waals surface area contributed by atoms with Gasteiger partial charge in [-0.05, 0) is 61.4 Å². The summed E-state index contributed by atoms with van der Waals surface area (Å²) in [6, 6.07) is 20.0. The highest BCUT2D eigenvalue weighted by Gasteiger charge is 2.07. The second-order valence-electron chi connectivity index (χ2n) is 7.04. The average molecular weight is 404 g/mol. The lowest BCUT2D eigenvalue weighted by molar-refractivity contribution is -0.118. The van der Waals surface area contributed by atoms with Gasteiger partial charge in [-0.1, -0.05) is 35.9 Å². The molecule has 0 spiro atoms. The minimum Gasteiger partial charge on any atom is -0.484 e. The Labute approximate surface area is 175 Å². The van der Waals surface area contributed by atoms with Gasteiger partial charge in [-0.3, -0.25) is 4.79 Å². The third kappa shape index (κ3) is 5.85. The summed E-state index contributed by atoms with van der Waals surface area (Å²) >= 11 is 0. The maximum Gasteiger partial charge on any atom is 0.335 e. The highest BCUT2D eigenvalue weighted by atomic mass is 16.5. The Hall–Kier alpha value is -3.80. The maximum absolute atomic E-state index is 12.1. The van der Waals surface area contributed by atoms with Crippen LogP contribution in [0.4, 0.5) is 11.4 Å². The van der Waals surface area contributed by atoms with Crippen LogP contribution in [-0.4, -0.2) is 23.6 Å². The molecule has 0 saturated heterocycles. The number of aromatic carboxylic acids is 1. The molecule has 0 atom stereocenters. The van der Waals surface area contributed by atoms with Crippen molar-refractivity contribution in [3.05, 3.63) is 89.0 Å². The van der Waals surface area contributed by atoms with Crippen LogP contribution in [0.1, 0.15) is 27.0 Å². The molecule has 154 valence electrons. The van der Waals surface area contributed by atoms with E-state index in [9.17, 15) is 9.59 Å². The van der Waals surface area contributed by atoms with E-state index >= 15 is 0 Å². The van der Waals surface area contributed by atoms with E-state index in [-0.39, 0.29) is 18.1 Å². The largest absolute Gasteiger partial charge is 0.484 e. The first-order chi connectivity index (χ1) is 14.4. The first-order valence-corrected chi connectivity index (χ1v) is 9.57. The number of amides is 1. The number of nitrogens with one attached hydrogen (secondary N) is 2. The summed E-state index contributed by atoms with van der Waals surface area (Å²) < 4.78 is 5.61. The van der Waals surface area contributed by atoms with E-state index in [0.717, 1.165) is 28.1 Å². The lowest BCUT2D eigenvalue weighted by Gasteiger charge is -2.12. The standard InChI is InChI=1S/C24H24N2O4/c1-16-6-10-20(11-7-16)26-23(27)15-30-21-5-3-4-18(12-21)14-25-22-13-19(24(28)29)9-8-17(22)2/h3-13,25H,14-15H2,1-2H3,(H,26,27)(H,28,29). The van der Waals surface area contributed by atoms with Gasteiger partial charge in [0.15, 0.2) is 6.61 Å². The van der Waals surface area contributed by atoms with Crippen molar-refractivity contribution < 1.29 is 19.4 Å². The summed E-state index contributed by atoms with van der Waals surface area (Å²) in [6.07, 6.45) is 0. The molecular formula is C24H24N2O4. The number of ether oxygens (including phenoxy) is 1. The van der Waals surface area contributed by atoms with Crippen molar-refractivity contribution in [1.82, 2.24) is 0 Å². The van der Waals surface area contributed by atoms with Crippen LogP contribution in [0.25, 0.3) is 0 Å². The zero-order valence-electron chi connectivity index (χ0n) is 16.9. The number of carbonyl (C=O) groups is 2. The third-order valence-corrected chi connectivity index (χ3v) is 4.57. The van der Waals surface area contributed by atoms with Crippen molar-refractivity contribution in [1.29, 1.82) is 0 Å². The Bertz CT molecular complexity index is 1050. The van der Waals surface area contributed by atoms with Crippen LogP contribution < -0.4 is 15.4 Å². The maximum atomic E-state index is 12.1.